The van der Waals surface area contributed by atoms with Crippen LogP contribution in [0.1, 0.15) is 44.8 Å². The maximum atomic E-state index is 10.5. The monoisotopic (exact) mass is 291 g/mol. The van der Waals surface area contributed by atoms with Crippen LogP contribution in [-0.4, -0.2) is 36.4 Å². The summed E-state index contributed by atoms with van der Waals surface area (Å²) < 4.78 is 10.7. The highest BCUT2D eigenvalue weighted by molar-refractivity contribution is 5.45. The van der Waals surface area contributed by atoms with Gasteiger partial charge in [-0.25, -0.2) is 0 Å². The molecule has 1 unspecified atom stereocenters. The summed E-state index contributed by atoms with van der Waals surface area (Å²) in [6, 6.07) is 5.71. The number of likely N-dealkylation sites (tertiary alicyclic amines) is 1. The highest BCUT2D eigenvalue weighted by Gasteiger charge is 2.25. The summed E-state index contributed by atoms with van der Waals surface area (Å²) in [6.07, 6.45) is 3.20. The molecule has 1 aromatic carbocycles. The zero-order valence-electron chi connectivity index (χ0n) is 13.0. The van der Waals surface area contributed by atoms with Crippen LogP contribution in [0.25, 0.3) is 0 Å². The fourth-order valence-electron chi connectivity index (χ4n) is 3.13. The maximum absolute atomic E-state index is 10.5. The van der Waals surface area contributed by atoms with Crippen LogP contribution in [0.3, 0.4) is 0 Å². The highest BCUT2D eigenvalue weighted by Crippen LogP contribution is 2.35. The van der Waals surface area contributed by atoms with Crippen molar-refractivity contribution in [2.75, 3.05) is 26.4 Å². The van der Waals surface area contributed by atoms with Gasteiger partial charge in [0.1, 0.15) is 0 Å². The van der Waals surface area contributed by atoms with E-state index in [9.17, 15) is 5.11 Å². The van der Waals surface area contributed by atoms with Crippen LogP contribution in [-0.2, 0) is 0 Å². The van der Waals surface area contributed by atoms with E-state index < -0.39 is 6.10 Å². The Labute approximate surface area is 126 Å². The quantitative estimate of drug-likeness (QED) is 0.929. The van der Waals surface area contributed by atoms with Crippen LogP contribution >= 0.6 is 0 Å². The fraction of sp³-hybridized carbons (Fsp3) is 0.647. The topological polar surface area (TPSA) is 41.9 Å². The van der Waals surface area contributed by atoms with E-state index in [0.717, 1.165) is 30.2 Å². The van der Waals surface area contributed by atoms with E-state index in [1.807, 2.05) is 18.2 Å². The van der Waals surface area contributed by atoms with Crippen molar-refractivity contribution in [2.24, 2.45) is 5.41 Å². The fourth-order valence-corrected chi connectivity index (χ4v) is 3.13. The molecule has 0 radical (unpaired) electrons. The standard InChI is InChI=1S/C17H25NO3/c1-17(2)6-3-8-18(9-7-17)11-14(19)13-4-5-15-16(10-13)21-12-20-15/h4-5,10,14,19H,3,6-9,11-12H2,1-2H3. The van der Waals surface area contributed by atoms with Crippen molar-refractivity contribution < 1.29 is 14.6 Å². The van der Waals surface area contributed by atoms with Crippen LogP contribution in [0.2, 0.25) is 0 Å². The summed E-state index contributed by atoms with van der Waals surface area (Å²) in [5.74, 6) is 1.51. The van der Waals surface area contributed by atoms with E-state index in [0.29, 0.717) is 12.0 Å². The molecular formula is C17H25NO3. The Morgan fingerprint density at radius 3 is 2.86 bits per heavy atom. The molecule has 116 valence electrons. The van der Waals surface area contributed by atoms with Gasteiger partial charge in [0.15, 0.2) is 11.5 Å². The lowest BCUT2D eigenvalue weighted by Crippen LogP contribution is -2.30. The van der Waals surface area contributed by atoms with E-state index in [4.69, 9.17) is 9.47 Å². The van der Waals surface area contributed by atoms with Gasteiger partial charge in [0.05, 0.1) is 6.10 Å². The van der Waals surface area contributed by atoms with Gasteiger partial charge in [-0.05, 0) is 55.5 Å². The zero-order chi connectivity index (χ0) is 14.9. The molecule has 3 rings (SSSR count). The van der Waals surface area contributed by atoms with Crippen LogP contribution in [0.15, 0.2) is 18.2 Å². The van der Waals surface area contributed by atoms with Crippen molar-refractivity contribution in [3.05, 3.63) is 23.8 Å². The number of fused-ring (bicyclic) bond motifs is 1. The number of hydrogen-bond donors (Lipinski definition) is 1. The molecule has 4 heteroatoms. The predicted octanol–water partition coefficient (Wildman–Crippen LogP) is 2.96. The Morgan fingerprint density at radius 1 is 1.19 bits per heavy atom. The van der Waals surface area contributed by atoms with Crippen molar-refractivity contribution in [3.63, 3.8) is 0 Å². The molecule has 1 saturated heterocycles. The number of nitrogens with zero attached hydrogens (tertiary/aromatic N) is 1. The molecule has 2 heterocycles. The van der Waals surface area contributed by atoms with Gasteiger partial charge in [-0.15, -0.1) is 0 Å². The van der Waals surface area contributed by atoms with Gasteiger partial charge >= 0.3 is 0 Å². The second-order valence-electron chi connectivity index (χ2n) is 6.95. The van der Waals surface area contributed by atoms with E-state index in [2.05, 4.69) is 18.7 Å². The number of aliphatic hydroxyl groups is 1. The summed E-state index contributed by atoms with van der Waals surface area (Å²) in [6.45, 7) is 7.78. The summed E-state index contributed by atoms with van der Waals surface area (Å²) in [4.78, 5) is 2.38. The third-order valence-electron chi connectivity index (χ3n) is 4.65. The highest BCUT2D eigenvalue weighted by atomic mass is 16.7. The van der Waals surface area contributed by atoms with Crippen LogP contribution < -0.4 is 9.47 Å². The Bertz CT molecular complexity index is 501. The molecule has 4 nitrogen and oxygen atoms in total. The van der Waals surface area contributed by atoms with E-state index in [1.165, 1.54) is 19.3 Å². The molecule has 1 N–H and O–H groups in total. The van der Waals surface area contributed by atoms with Crippen LogP contribution in [0.5, 0.6) is 11.5 Å². The van der Waals surface area contributed by atoms with Gasteiger partial charge in [0, 0.05) is 6.54 Å². The van der Waals surface area contributed by atoms with Crippen molar-refractivity contribution in [2.45, 2.75) is 39.2 Å². The summed E-state index contributed by atoms with van der Waals surface area (Å²) in [7, 11) is 0. The summed E-state index contributed by atoms with van der Waals surface area (Å²) in [5, 5.41) is 10.5. The average molecular weight is 291 g/mol. The minimum atomic E-state index is -0.472. The second-order valence-corrected chi connectivity index (χ2v) is 6.95. The minimum Gasteiger partial charge on any atom is -0.454 e. The largest absolute Gasteiger partial charge is 0.454 e. The number of benzene rings is 1. The first-order chi connectivity index (χ1) is 10.0. The molecule has 1 atom stereocenters. The van der Waals surface area contributed by atoms with Crippen LogP contribution in [0.4, 0.5) is 0 Å². The molecule has 1 aromatic rings. The molecule has 0 spiro atoms. The lowest BCUT2D eigenvalue weighted by atomic mass is 9.85. The molecule has 0 saturated carbocycles. The third kappa shape index (κ3) is 3.50. The first-order valence-corrected chi connectivity index (χ1v) is 7.83. The summed E-state index contributed by atoms with van der Waals surface area (Å²) >= 11 is 0. The first-order valence-electron chi connectivity index (χ1n) is 7.83. The first kappa shape index (κ1) is 14.7. The third-order valence-corrected chi connectivity index (χ3v) is 4.65. The Morgan fingerprint density at radius 2 is 2.00 bits per heavy atom. The Balaban J connectivity index is 1.62. The predicted molar refractivity (Wildman–Crippen MR) is 81.6 cm³/mol. The molecule has 1 fully saturated rings. The molecule has 0 aliphatic carbocycles. The molecule has 0 aromatic heterocycles. The molecule has 21 heavy (non-hydrogen) atoms. The smallest absolute Gasteiger partial charge is 0.231 e. The minimum absolute atomic E-state index is 0.274. The number of aliphatic hydroxyl groups excluding tert-OH is 1. The van der Waals surface area contributed by atoms with Crippen molar-refractivity contribution >= 4 is 0 Å². The van der Waals surface area contributed by atoms with Gasteiger partial charge < -0.3 is 19.5 Å². The lowest BCUT2D eigenvalue weighted by molar-refractivity contribution is 0.113. The van der Waals surface area contributed by atoms with Gasteiger partial charge in [0.25, 0.3) is 0 Å². The maximum Gasteiger partial charge on any atom is 0.231 e. The Kier molecular flexibility index (Phi) is 4.09. The SMILES string of the molecule is CC1(C)CCCN(CC(O)c2ccc3c(c2)OCO3)CC1. The molecular weight excluding hydrogens is 266 g/mol. The molecule has 2 aliphatic heterocycles. The van der Waals surface area contributed by atoms with Crippen LogP contribution in [0, 0.1) is 5.41 Å². The van der Waals surface area contributed by atoms with Crippen molar-refractivity contribution in [1.82, 2.24) is 4.90 Å². The normalized spacial score (nSPS) is 22.8. The zero-order valence-corrected chi connectivity index (χ0v) is 13.0. The Hall–Kier alpha value is -1.26. The molecule has 2 aliphatic rings. The summed E-state index contributed by atoms with van der Waals surface area (Å²) in [5.41, 5.74) is 1.33. The van der Waals surface area contributed by atoms with Gasteiger partial charge in [-0.1, -0.05) is 19.9 Å². The van der Waals surface area contributed by atoms with Gasteiger partial charge in [-0.3, -0.25) is 0 Å². The lowest BCUT2D eigenvalue weighted by Gasteiger charge is -2.25. The number of β-amino-alcohol motifs (C(OH)–C–C–N with tert-alkyl or cyclic N) is 1. The number of rotatable bonds is 3. The van der Waals surface area contributed by atoms with Crippen molar-refractivity contribution in [1.29, 1.82) is 0 Å². The molecule has 0 bridgehead atoms. The van der Waals surface area contributed by atoms with Gasteiger partial charge in [0.2, 0.25) is 6.79 Å². The second kappa shape index (κ2) is 5.85. The van der Waals surface area contributed by atoms with Crippen molar-refractivity contribution in [3.8, 4) is 11.5 Å². The average Bonchev–Trinajstić information content (AvgIpc) is 2.84. The number of hydrogen-bond acceptors (Lipinski definition) is 4. The van der Waals surface area contributed by atoms with E-state index in [-0.39, 0.29) is 6.79 Å². The van der Waals surface area contributed by atoms with E-state index in [1.54, 1.807) is 0 Å². The molecule has 0 amide bonds. The van der Waals surface area contributed by atoms with E-state index >= 15 is 0 Å². The van der Waals surface area contributed by atoms with Gasteiger partial charge in [-0.2, -0.15) is 0 Å². The number of ether oxygens (including phenoxy) is 2.